The van der Waals surface area contributed by atoms with Crippen LogP contribution >= 0.6 is 22.9 Å². The summed E-state index contributed by atoms with van der Waals surface area (Å²) in [5.41, 5.74) is 3.46. The van der Waals surface area contributed by atoms with Gasteiger partial charge < -0.3 is 14.9 Å². The lowest BCUT2D eigenvalue weighted by Gasteiger charge is -2.13. The summed E-state index contributed by atoms with van der Waals surface area (Å²) in [7, 11) is 0. The van der Waals surface area contributed by atoms with Gasteiger partial charge in [0.1, 0.15) is 9.88 Å². The highest BCUT2D eigenvalue weighted by Crippen LogP contribution is 2.46. The quantitative estimate of drug-likeness (QED) is 0.725. The number of aromatic nitrogens is 1. The van der Waals surface area contributed by atoms with E-state index in [0.717, 1.165) is 33.8 Å². The van der Waals surface area contributed by atoms with Crippen LogP contribution in [-0.2, 0) is 12.8 Å². The molecule has 0 fully saturated rings. The van der Waals surface area contributed by atoms with Gasteiger partial charge >= 0.3 is 5.97 Å². The molecule has 2 N–H and O–H groups in total. The van der Waals surface area contributed by atoms with Crippen molar-refractivity contribution >= 4 is 39.6 Å². The van der Waals surface area contributed by atoms with E-state index in [-0.39, 0.29) is 0 Å². The fourth-order valence-corrected chi connectivity index (χ4v) is 4.00. The van der Waals surface area contributed by atoms with Gasteiger partial charge in [0.05, 0.1) is 11.8 Å². The monoisotopic (exact) mass is 346 g/mol. The van der Waals surface area contributed by atoms with Crippen molar-refractivity contribution in [3.8, 4) is 11.3 Å². The Labute approximate surface area is 140 Å². The Morgan fingerprint density at radius 1 is 1.30 bits per heavy atom. The Morgan fingerprint density at radius 3 is 2.83 bits per heavy atom. The van der Waals surface area contributed by atoms with E-state index in [1.54, 1.807) is 18.3 Å². The first-order chi connectivity index (χ1) is 11.1. The van der Waals surface area contributed by atoms with Crippen LogP contribution in [-0.4, -0.2) is 16.2 Å². The molecular formula is C16H11ClN2O3S. The molecule has 0 atom stereocenters. The predicted octanol–water partition coefficient (Wildman–Crippen LogP) is 4.60. The summed E-state index contributed by atoms with van der Waals surface area (Å²) < 4.78 is 5.38. The zero-order valence-corrected chi connectivity index (χ0v) is 13.4. The van der Waals surface area contributed by atoms with Gasteiger partial charge in [-0.2, -0.15) is 0 Å². The molecule has 4 rings (SSSR count). The molecule has 0 saturated carbocycles. The van der Waals surface area contributed by atoms with Crippen LogP contribution in [0.5, 0.6) is 0 Å². The Balaban J connectivity index is 1.84. The normalized spacial score (nSPS) is 12.6. The SMILES string of the molecule is O=C(O)c1sc(Nc2ccc(Cl)cc2)c2c1CCc1cnoc1-2. The Bertz CT molecular complexity index is 899. The fraction of sp³-hybridized carbons (Fsp3) is 0.125. The minimum absolute atomic E-state index is 0.346. The van der Waals surface area contributed by atoms with Crippen LogP contribution in [0.15, 0.2) is 35.0 Å². The van der Waals surface area contributed by atoms with Crippen molar-refractivity contribution < 1.29 is 14.4 Å². The number of nitrogens with zero attached hydrogens (tertiary/aromatic N) is 1. The summed E-state index contributed by atoms with van der Waals surface area (Å²) in [6.45, 7) is 0. The minimum atomic E-state index is -0.918. The topological polar surface area (TPSA) is 75.4 Å². The molecule has 0 saturated heterocycles. The number of anilines is 2. The molecule has 116 valence electrons. The van der Waals surface area contributed by atoms with E-state index in [9.17, 15) is 9.90 Å². The lowest BCUT2D eigenvalue weighted by Crippen LogP contribution is -2.05. The van der Waals surface area contributed by atoms with Gasteiger partial charge in [-0.05, 0) is 42.7 Å². The Morgan fingerprint density at radius 2 is 2.09 bits per heavy atom. The molecular weight excluding hydrogens is 336 g/mol. The van der Waals surface area contributed by atoms with E-state index in [1.807, 2.05) is 12.1 Å². The highest BCUT2D eigenvalue weighted by atomic mass is 35.5. The first-order valence-corrected chi connectivity index (χ1v) is 8.18. The van der Waals surface area contributed by atoms with E-state index in [0.29, 0.717) is 22.1 Å². The molecule has 1 aromatic carbocycles. The number of hydrogen-bond acceptors (Lipinski definition) is 5. The number of carboxylic acid groups (broad SMARTS) is 1. The summed E-state index contributed by atoms with van der Waals surface area (Å²) in [6, 6.07) is 7.25. The van der Waals surface area contributed by atoms with Gasteiger partial charge in [0.15, 0.2) is 5.76 Å². The third-order valence-electron chi connectivity index (χ3n) is 3.82. The average Bonchev–Trinajstić information content (AvgIpc) is 3.13. The maximum atomic E-state index is 11.6. The number of hydrogen-bond donors (Lipinski definition) is 2. The molecule has 2 aromatic heterocycles. The van der Waals surface area contributed by atoms with Crippen LogP contribution in [0.25, 0.3) is 11.3 Å². The molecule has 5 nitrogen and oxygen atoms in total. The number of benzene rings is 1. The van der Waals surface area contributed by atoms with Gasteiger partial charge in [-0.15, -0.1) is 11.3 Å². The molecule has 0 radical (unpaired) electrons. The van der Waals surface area contributed by atoms with Crippen molar-refractivity contribution in [2.75, 3.05) is 5.32 Å². The van der Waals surface area contributed by atoms with Crippen LogP contribution in [0.2, 0.25) is 5.02 Å². The number of fused-ring (bicyclic) bond motifs is 3. The van der Waals surface area contributed by atoms with Crippen LogP contribution < -0.4 is 5.32 Å². The highest BCUT2D eigenvalue weighted by molar-refractivity contribution is 7.18. The van der Waals surface area contributed by atoms with Crippen molar-refractivity contribution in [1.82, 2.24) is 5.16 Å². The number of carbonyl (C=O) groups is 1. The van der Waals surface area contributed by atoms with Gasteiger partial charge in [0, 0.05) is 16.3 Å². The minimum Gasteiger partial charge on any atom is -0.477 e. The summed E-state index contributed by atoms with van der Waals surface area (Å²) >= 11 is 7.12. The van der Waals surface area contributed by atoms with Crippen molar-refractivity contribution in [2.45, 2.75) is 12.8 Å². The number of aryl methyl sites for hydroxylation is 1. The Kier molecular flexibility index (Phi) is 3.36. The first-order valence-electron chi connectivity index (χ1n) is 6.99. The second kappa shape index (κ2) is 5.40. The number of halogens is 1. The molecule has 7 heteroatoms. The number of thiophene rings is 1. The molecule has 0 aliphatic heterocycles. The van der Waals surface area contributed by atoms with Gasteiger partial charge in [-0.3, -0.25) is 0 Å². The van der Waals surface area contributed by atoms with Crippen molar-refractivity contribution in [3.63, 3.8) is 0 Å². The van der Waals surface area contributed by atoms with E-state index in [2.05, 4.69) is 10.5 Å². The molecule has 3 aromatic rings. The van der Waals surface area contributed by atoms with Crippen LogP contribution in [0.4, 0.5) is 10.7 Å². The van der Waals surface area contributed by atoms with E-state index in [1.165, 1.54) is 11.3 Å². The van der Waals surface area contributed by atoms with Crippen LogP contribution in [0, 0.1) is 0 Å². The standard InChI is InChI=1S/C16H11ClN2O3S/c17-9-2-4-10(5-3-9)19-15-12-11(14(23-15)16(20)21)6-1-8-7-18-22-13(8)12/h2-5,7,19H,1,6H2,(H,20,21). The van der Waals surface area contributed by atoms with Crippen LogP contribution in [0.3, 0.4) is 0 Å². The molecule has 0 bridgehead atoms. The highest BCUT2D eigenvalue weighted by Gasteiger charge is 2.30. The third kappa shape index (κ3) is 2.40. The molecule has 23 heavy (non-hydrogen) atoms. The van der Waals surface area contributed by atoms with E-state index < -0.39 is 5.97 Å². The number of carboxylic acids is 1. The molecule has 1 aliphatic rings. The van der Waals surface area contributed by atoms with Crippen molar-refractivity contribution in [1.29, 1.82) is 0 Å². The lowest BCUT2D eigenvalue weighted by atomic mass is 9.92. The van der Waals surface area contributed by atoms with Gasteiger partial charge in [-0.25, -0.2) is 4.79 Å². The maximum Gasteiger partial charge on any atom is 0.346 e. The van der Waals surface area contributed by atoms with Gasteiger partial charge in [-0.1, -0.05) is 16.8 Å². The summed E-state index contributed by atoms with van der Waals surface area (Å²) in [6.07, 6.45) is 3.11. The smallest absolute Gasteiger partial charge is 0.346 e. The average molecular weight is 347 g/mol. The predicted molar refractivity (Wildman–Crippen MR) is 88.9 cm³/mol. The molecule has 2 heterocycles. The molecule has 0 amide bonds. The fourth-order valence-electron chi connectivity index (χ4n) is 2.77. The molecule has 0 spiro atoms. The van der Waals surface area contributed by atoms with Crippen LogP contribution in [0.1, 0.15) is 20.8 Å². The van der Waals surface area contributed by atoms with Gasteiger partial charge in [0.2, 0.25) is 0 Å². The second-order valence-electron chi connectivity index (χ2n) is 5.23. The number of rotatable bonds is 3. The van der Waals surface area contributed by atoms with Crippen molar-refractivity contribution in [2.24, 2.45) is 0 Å². The number of aromatic carboxylic acids is 1. The summed E-state index contributed by atoms with van der Waals surface area (Å²) in [5, 5.41) is 18.0. The molecule has 1 aliphatic carbocycles. The summed E-state index contributed by atoms with van der Waals surface area (Å²) in [4.78, 5) is 11.9. The molecule has 0 unspecified atom stereocenters. The number of nitrogens with one attached hydrogen (secondary N) is 1. The zero-order chi connectivity index (χ0) is 16.0. The van der Waals surface area contributed by atoms with E-state index >= 15 is 0 Å². The summed E-state index contributed by atoms with van der Waals surface area (Å²) in [5.74, 6) is -0.259. The zero-order valence-electron chi connectivity index (χ0n) is 11.8. The van der Waals surface area contributed by atoms with Crippen molar-refractivity contribution in [3.05, 3.63) is 51.5 Å². The first kappa shape index (κ1) is 14.3. The Hall–Kier alpha value is -2.31. The second-order valence-corrected chi connectivity index (χ2v) is 6.69. The maximum absolute atomic E-state index is 11.6. The third-order valence-corrected chi connectivity index (χ3v) is 5.21. The van der Waals surface area contributed by atoms with Gasteiger partial charge in [0.25, 0.3) is 0 Å². The lowest BCUT2D eigenvalue weighted by molar-refractivity contribution is 0.0701. The largest absolute Gasteiger partial charge is 0.477 e. The van der Waals surface area contributed by atoms with E-state index in [4.69, 9.17) is 16.1 Å².